The van der Waals surface area contributed by atoms with Gasteiger partial charge in [-0.05, 0) is 80.0 Å². The molecule has 0 spiro atoms. The normalized spacial score (nSPS) is 57.4. The van der Waals surface area contributed by atoms with Gasteiger partial charge >= 0.3 is 0 Å². The zero-order chi connectivity index (χ0) is 11.4. The van der Waals surface area contributed by atoms with Gasteiger partial charge in [0.05, 0.1) is 0 Å². The van der Waals surface area contributed by atoms with Gasteiger partial charge in [0, 0.05) is 0 Å². The van der Waals surface area contributed by atoms with Gasteiger partial charge in [0.1, 0.15) is 0 Å². The lowest BCUT2D eigenvalue weighted by atomic mass is 9.47. The van der Waals surface area contributed by atoms with Crippen LogP contribution < -0.4 is 0 Å². The van der Waals surface area contributed by atoms with Gasteiger partial charge in [0.2, 0.25) is 0 Å². The van der Waals surface area contributed by atoms with Crippen molar-refractivity contribution in [1.29, 1.82) is 0 Å². The zero-order valence-corrected chi connectivity index (χ0v) is 11.4. The van der Waals surface area contributed by atoms with E-state index < -0.39 is 0 Å². The molecule has 4 saturated carbocycles. The Morgan fingerprint density at radius 2 is 1.06 bits per heavy atom. The molecule has 0 N–H and O–H groups in total. The van der Waals surface area contributed by atoms with Crippen LogP contribution in [0.15, 0.2) is 0 Å². The Morgan fingerprint density at radius 1 is 0.588 bits per heavy atom. The highest BCUT2D eigenvalue weighted by atomic mass is 14.6. The summed E-state index contributed by atoms with van der Waals surface area (Å²) in [6, 6.07) is 0. The van der Waals surface area contributed by atoms with Crippen molar-refractivity contribution in [3.05, 3.63) is 0 Å². The second kappa shape index (κ2) is 4.00. The Kier molecular flexibility index (Phi) is 2.56. The minimum atomic E-state index is 1.04. The van der Waals surface area contributed by atoms with Crippen LogP contribution in [-0.4, -0.2) is 0 Å². The van der Waals surface area contributed by atoms with Crippen molar-refractivity contribution in [3.8, 4) is 0 Å². The molecule has 17 heavy (non-hydrogen) atoms. The van der Waals surface area contributed by atoms with Crippen molar-refractivity contribution in [2.75, 3.05) is 0 Å². The number of rotatable bonds is 0. The molecule has 0 aromatic carbocycles. The van der Waals surface area contributed by atoms with Gasteiger partial charge in [0.15, 0.2) is 0 Å². The Hall–Kier alpha value is 0. The van der Waals surface area contributed by atoms with E-state index in [2.05, 4.69) is 6.92 Å². The lowest BCUT2D eigenvalue weighted by Gasteiger charge is -2.58. The summed E-state index contributed by atoms with van der Waals surface area (Å²) in [5.74, 6) is 8.02. The number of hydrogen-bond donors (Lipinski definition) is 0. The van der Waals surface area contributed by atoms with E-state index in [-0.39, 0.29) is 0 Å². The summed E-state index contributed by atoms with van der Waals surface area (Å²) in [4.78, 5) is 0. The average Bonchev–Trinajstić information content (AvgIpc) is 2.35. The summed E-state index contributed by atoms with van der Waals surface area (Å²) in [5, 5.41) is 0. The highest BCUT2D eigenvalue weighted by molar-refractivity contribution is 5.01. The van der Waals surface area contributed by atoms with Gasteiger partial charge in [0.25, 0.3) is 0 Å². The van der Waals surface area contributed by atoms with Crippen LogP contribution in [0.4, 0.5) is 0 Å². The van der Waals surface area contributed by atoms with Gasteiger partial charge in [-0.1, -0.05) is 26.2 Å². The maximum atomic E-state index is 2.52. The first-order chi connectivity index (χ1) is 8.33. The van der Waals surface area contributed by atoms with Crippen molar-refractivity contribution in [3.63, 3.8) is 0 Å². The zero-order valence-electron chi connectivity index (χ0n) is 11.4. The number of hydrogen-bond acceptors (Lipinski definition) is 0. The molecule has 4 fully saturated rings. The third-order valence-electron chi connectivity index (χ3n) is 7.00. The fraction of sp³-hybridized carbons (Fsp3) is 1.00. The van der Waals surface area contributed by atoms with Gasteiger partial charge in [-0.25, -0.2) is 0 Å². The van der Waals surface area contributed by atoms with Crippen molar-refractivity contribution in [2.45, 2.75) is 64.7 Å². The van der Waals surface area contributed by atoms with E-state index in [9.17, 15) is 0 Å². The molecule has 0 saturated heterocycles. The van der Waals surface area contributed by atoms with Gasteiger partial charge in [-0.2, -0.15) is 0 Å². The SMILES string of the molecule is CC1CC2CCC3CCCC4CCC(C1)C2C34. The lowest BCUT2D eigenvalue weighted by molar-refractivity contribution is -0.0865. The summed E-state index contributed by atoms with van der Waals surface area (Å²) in [6.07, 6.45) is 14.3. The van der Waals surface area contributed by atoms with Gasteiger partial charge < -0.3 is 0 Å². The molecule has 4 unspecified atom stereocenters. The molecule has 4 aliphatic carbocycles. The quantitative estimate of drug-likeness (QED) is 0.558. The molecular weight excluding hydrogens is 204 g/mol. The molecule has 0 aromatic heterocycles. The molecule has 4 atom stereocenters. The Balaban J connectivity index is 1.65. The van der Waals surface area contributed by atoms with Crippen LogP contribution >= 0.6 is 0 Å². The minimum Gasteiger partial charge on any atom is -0.0625 e. The minimum absolute atomic E-state index is 1.04. The molecule has 0 aromatic rings. The van der Waals surface area contributed by atoms with Crippen LogP contribution in [0, 0.1) is 41.4 Å². The molecule has 0 bridgehead atoms. The molecule has 0 heterocycles. The highest BCUT2D eigenvalue weighted by Gasteiger charge is 2.51. The smallest absolute Gasteiger partial charge is 0.0324 e. The van der Waals surface area contributed by atoms with Crippen LogP contribution in [0.1, 0.15) is 64.7 Å². The van der Waals surface area contributed by atoms with Crippen molar-refractivity contribution in [2.24, 2.45) is 41.4 Å². The molecule has 0 radical (unpaired) electrons. The van der Waals surface area contributed by atoms with E-state index in [0.717, 1.165) is 29.6 Å². The molecule has 0 heteroatoms. The van der Waals surface area contributed by atoms with Crippen LogP contribution in [-0.2, 0) is 0 Å². The predicted octanol–water partition coefficient (Wildman–Crippen LogP) is 4.89. The van der Waals surface area contributed by atoms with E-state index in [4.69, 9.17) is 0 Å². The molecule has 4 aliphatic rings. The lowest BCUT2D eigenvalue weighted by Crippen LogP contribution is -2.50. The molecular formula is C17H28. The van der Waals surface area contributed by atoms with Gasteiger partial charge in [-0.3, -0.25) is 0 Å². The first-order valence-corrected chi connectivity index (χ1v) is 8.33. The molecule has 0 nitrogen and oxygen atoms in total. The Labute approximate surface area is 107 Å². The third kappa shape index (κ3) is 1.62. The summed E-state index contributed by atoms with van der Waals surface area (Å²) < 4.78 is 0. The topological polar surface area (TPSA) is 0 Å². The maximum Gasteiger partial charge on any atom is -0.0324 e. The van der Waals surface area contributed by atoms with Crippen LogP contribution in [0.2, 0.25) is 0 Å². The average molecular weight is 232 g/mol. The largest absolute Gasteiger partial charge is 0.0625 e. The summed E-state index contributed by atoms with van der Waals surface area (Å²) in [7, 11) is 0. The molecule has 0 amide bonds. The van der Waals surface area contributed by atoms with Crippen molar-refractivity contribution < 1.29 is 0 Å². The molecule has 0 aliphatic heterocycles. The highest BCUT2D eigenvalue weighted by Crippen LogP contribution is 2.60. The predicted molar refractivity (Wildman–Crippen MR) is 71.7 cm³/mol. The monoisotopic (exact) mass is 232 g/mol. The van der Waals surface area contributed by atoms with Crippen molar-refractivity contribution in [1.82, 2.24) is 0 Å². The van der Waals surface area contributed by atoms with Gasteiger partial charge in [-0.15, -0.1) is 0 Å². The van der Waals surface area contributed by atoms with E-state index >= 15 is 0 Å². The van der Waals surface area contributed by atoms with E-state index in [1.807, 2.05) is 0 Å². The van der Waals surface area contributed by atoms with E-state index in [1.54, 1.807) is 57.8 Å². The fourth-order valence-electron chi connectivity index (χ4n) is 6.65. The van der Waals surface area contributed by atoms with Crippen LogP contribution in [0.5, 0.6) is 0 Å². The fourth-order valence-corrected chi connectivity index (χ4v) is 6.65. The maximum absolute atomic E-state index is 2.52. The Morgan fingerprint density at radius 3 is 1.65 bits per heavy atom. The van der Waals surface area contributed by atoms with Crippen LogP contribution in [0.25, 0.3) is 0 Å². The van der Waals surface area contributed by atoms with Crippen molar-refractivity contribution >= 4 is 0 Å². The first-order valence-electron chi connectivity index (χ1n) is 8.33. The summed E-state index contributed by atoms with van der Waals surface area (Å²) in [5.41, 5.74) is 0. The third-order valence-corrected chi connectivity index (χ3v) is 7.00. The van der Waals surface area contributed by atoms with Crippen LogP contribution in [0.3, 0.4) is 0 Å². The standard InChI is InChI=1S/C17H28/c1-11-9-14-7-5-12-3-2-4-13-6-8-15(10-11)17(14)16(12)13/h11-17H,2-10H2,1H3. The second-order valence-corrected chi connectivity index (χ2v) is 7.86. The second-order valence-electron chi connectivity index (χ2n) is 7.86. The van der Waals surface area contributed by atoms with E-state index in [1.165, 1.54) is 11.8 Å². The van der Waals surface area contributed by atoms with E-state index in [0.29, 0.717) is 0 Å². The molecule has 4 rings (SSSR count). The summed E-state index contributed by atoms with van der Waals surface area (Å²) in [6.45, 7) is 2.52. The first kappa shape index (κ1) is 10.9. The molecule has 96 valence electrons. The Bertz CT molecular complexity index is 268. The summed E-state index contributed by atoms with van der Waals surface area (Å²) >= 11 is 0.